The summed E-state index contributed by atoms with van der Waals surface area (Å²) >= 11 is 0. The van der Waals surface area contributed by atoms with Crippen LogP contribution in [0.1, 0.15) is 38.2 Å². The van der Waals surface area contributed by atoms with Crippen LogP contribution in [0.25, 0.3) is 0 Å². The maximum Gasteiger partial charge on any atom is 0.246 e. The molecule has 0 aliphatic carbocycles. The molecule has 0 radical (unpaired) electrons. The van der Waals surface area contributed by atoms with E-state index in [-0.39, 0.29) is 23.8 Å². The monoisotopic (exact) mass is 395 g/mol. The lowest BCUT2D eigenvalue weighted by Crippen LogP contribution is -2.62. The summed E-state index contributed by atoms with van der Waals surface area (Å²) in [4.78, 5) is 43.6. The molecule has 29 heavy (non-hydrogen) atoms. The number of nitrogens with zero attached hydrogens (tertiary/aromatic N) is 2. The molecule has 0 bridgehead atoms. The molecule has 1 aromatic rings. The highest BCUT2D eigenvalue weighted by atomic mass is 16.5. The molecule has 0 saturated carbocycles. The van der Waals surface area contributed by atoms with E-state index in [1.54, 1.807) is 23.0 Å². The molecule has 7 heteroatoms. The molecule has 3 saturated heterocycles. The molecule has 1 aromatic carbocycles. The van der Waals surface area contributed by atoms with E-state index in [1.165, 1.54) is 0 Å². The number of rotatable bonds is 3. The summed E-state index contributed by atoms with van der Waals surface area (Å²) in [5.74, 6) is 0.457. The normalized spacial score (nSPS) is 32.3. The summed E-state index contributed by atoms with van der Waals surface area (Å²) in [6.45, 7) is 6.57. The number of benzene rings is 1. The van der Waals surface area contributed by atoms with Crippen molar-refractivity contribution >= 4 is 23.4 Å². The second kappa shape index (κ2) is 6.08. The van der Waals surface area contributed by atoms with Crippen molar-refractivity contribution in [2.24, 2.45) is 0 Å². The van der Waals surface area contributed by atoms with Crippen LogP contribution in [-0.4, -0.2) is 59.3 Å². The zero-order valence-corrected chi connectivity index (χ0v) is 16.7. The van der Waals surface area contributed by atoms with Gasteiger partial charge in [0.05, 0.1) is 18.6 Å². The van der Waals surface area contributed by atoms with Crippen LogP contribution in [0.15, 0.2) is 30.4 Å². The van der Waals surface area contributed by atoms with Crippen LogP contribution in [0.5, 0.6) is 5.75 Å². The fourth-order valence-electron chi connectivity index (χ4n) is 5.79. The zero-order valence-electron chi connectivity index (χ0n) is 16.7. The van der Waals surface area contributed by atoms with Gasteiger partial charge in [0.15, 0.2) is 0 Å². The first-order valence-corrected chi connectivity index (χ1v) is 10.2. The number of carbonyl (C=O) groups excluding carboxylic acids is 3. The molecule has 3 fully saturated rings. The molecule has 4 heterocycles. The molecule has 0 aromatic heterocycles. The lowest BCUT2D eigenvalue weighted by Gasteiger charge is -2.42. The number of anilines is 1. The molecule has 4 aliphatic heterocycles. The Morgan fingerprint density at radius 1 is 1.28 bits per heavy atom. The maximum absolute atomic E-state index is 13.4. The van der Waals surface area contributed by atoms with Crippen LogP contribution >= 0.6 is 0 Å². The van der Waals surface area contributed by atoms with E-state index in [0.29, 0.717) is 37.2 Å². The van der Waals surface area contributed by atoms with E-state index in [2.05, 4.69) is 11.9 Å². The predicted molar refractivity (Wildman–Crippen MR) is 107 cm³/mol. The van der Waals surface area contributed by atoms with E-state index in [1.807, 2.05) is 19.1 Å². The fourth-order valence-corrected chi connectivity index (χ4v) is 5.79. The standard InChI is InChI=1S/C22H25N3O4/c1-12(2)9-18-22(14-7-6-13(29-3)10-15(14)23-21(22)28)11-17-19(26)24-8-4-5-16(24)20(27)25(17)18/h6-7,10,16-18H,1,4-5,8-9,11H2,2-3H3,(H,23,28)/t16-,17-,18-,22-/m0/s1. The van der Waals surface area contributed by atoms with Crippen molar-refractivity contribution in [2.75, 3.05) is 19.0 Å². The molecule has 0 unspecified atom stereocenters. The van der Waals surface area contributed by atoms with Gasteiger partial charge in [-0.1, -0.05) is 11.6 Å². The Morgan fingerprint density at radius 2 is 2.07 bits per heavy atom. The number of nitrogens with one attached hydrogen (secondary N) is 1. The minimum Gasteiger partial charge on any atom is -0.497 e. The van der Waals surface area contributed by atoms with Gasteiger partial charge in [0.25, 0.3) is 0 Å². The van der Waals surface area contributed by atoms with E-state index in [4.69, 9.17) is 4.74 Å². The smallest absolute Gasteiger partial charge is 0.246 e. The average Bonchev–Trinajstić information content (AvgIpc) is 3.36. The van der Waals surface area contributed by atoms with Gasteiger partial charge in [0.2, 0.25) is 17.7 Å². The molecule has 1 spiro atoms. The van der Waals surface area contributed by atoms with Gasteiger partial charge < -0.3 is 19.9 Å². The Balaban J connectivity index is 1.66. The summed E-state index contributed by atoms with van der Waals surface area (Å²) in [6, 6.07) is 4.13. The largest absolute Gasteiger partial charge is 0.497 e. The van der Waals surface area contributed by atoms with Crippen molar-refractivity contribution in [3.8, 4) is 5.75 Å². The minimum absolute atomic E-state index is 0.0227. The van der Waals surface area contributed by atoms with Crippen LogP contribution < -0.4 is 10.1 Å². The number of carbonyl (C=O) groups is 3. The van der Waals surface area contributed by atoms with Crippen molar-refractivity contribution in [2.45, 2.75) is 56.1 Å². The third kappa shape index (κ3) is 2.27. The number of fused-ring (bicyclic) bond motifs is 4. The number of amides is 3. The predicted octanol–water partition coefficient (Wildman–Crippen LogP) is 1.83. The Hall–Kier alpha value is -2.83. The van der Waals surface area contributed by atoms with Gasteiger partial charge in [-0.3, -0.25) is 14.4 Å². The Labute approximate surface area is 169 Å². The highest BCUT2D eigenvalue weighted by Gasteiger charge is 2.66. The second-order valence-electron chi connectivity index (χ2n) is 8.67. The van der Waals surface area contributed by atoms with Gasteiger partial charge in [-0.25, -0.2) is 0 Å². The molecular formula is C22H25N3O4. The third-order valence-corrected chi connectivity index (χ3v) is 7.02. The Morgan fingerprint density at radius 3 is 2.79 bits per heavy atom. The van der Waals surface area contributed by atoms with Crippen molar-refractivity contribution in [3.05, 3.63) is 35.9 Å². The molecule has 1 N–H and O–H groups in total. The molecule has 4 atom stereocenters. The van der Waals surface area contributed by atoms with Crippen molar-refractivity contribution in [3.63, 3.8) is 0 Å². The van der Waals surface area contributed by atoms with E-state index in [0.717, 1.165) is 17.6 Å². The van der Waals surface area contributed by atoms with E-state index < -0.39 is 17.5 Å². The summed E-state index contributed by atoms with van der Waals surface area (Å²) in [6.07, 6.45) is 2.34. The number of piperazine rings is 1. The topological polar surface area (TPSA) is 79.0 Å². The van der Waals surface area contributed by atoms with Crippen LogP contribution in [-0.2, 0) is 19.8 Å². The first-order chi connectivity index (χ1) is 13.9. The van der Waals surface area contributed by atoms with Crippen molar-refractivity contribution < 1.29 is 19.1 Å². The Bertz CT molecular complexity index is 957. The van der Waals surface area contributed by atoms with Gasteiger partial charge in [0.1, 0.15) is 17.8 Å². The van der Waals surface area contributed by atoms with Crippen molar-refractivity contribution in [1.29, 1.82) is 0 Å². The van der Waals surface area contributed by atoms with E-state index >= 15 is 0 Å². The highest BCUT2D eigenvalue weighted by Crippen LogP contribution is 2.54. The van der Waals surface area contributed by atoms with Crippen LogP contribution in [0.3, 0.4) is 0 Å². The lowest BCUT2D eigenvalue weighted by molar-refractivity contribution is -0.159. The molecule has 5 rings (SSSR count). The molecule has 3 amide bonds. The van der Waals surface area contributed by atoms with Crippen molar-refractivity contribution in [1.82, 2.24) is 9.80 Å². The number of hydrogen-bond donors (Lipinski definition) is 1. The molecular weight excluding hydrogens is 370 g/mol. The van der Waals surface area contributed by atoms with Gasteiger partial charge in [-0.15, -0.1) is 6.58 Å². The average molecular weight is 395 g/mol. The summed E-state index contributed by atoms with van der Waals surface area (Å²) < 4.78 is 5.31. The lowest BCUT2D eigenvalue weighted by atomic mass is 9.72. The van der Waals surface area contributed by atoms with Gasteiger partial charge in [-0.2, -0.15) is 0 Å². The van der Waals surface area contributed by atoms with Crippen LogP contribution in [0, 0.1) is 0 Å². The molecule has 4 aliphatic rings. The first kappa shape index (κ1) is 18.2. The van der Waals surface area contributed by atoms with Crippen LogP contribution in [0.4, 0.5) is 5.69 Å². The fraction of sp³-hybridized carbons (Fsp3) is 0.500. The first-order valence-electron chi connectivity index (χ1n) is 10.2. The molecule has 152 valence electrons. The van der Waals surface area contributed by atoms with Gasteiger partial charge >= 0.3 is 0 Å². The number of hydrogen-bond acceptors (Lipinski definition) is 4. The SMILES string of the molecule is C=C(C)C[C@@H]1N2C(=O)[C@@H]3CCCN3C(=O)[C@@H]2C[C@@]12C(=O)Nc1cc(OC)ccc12. The highest BCUT2D eigenvalue weighted by molar-refractivity contribution is 6.10. The second-order valence-corrected chi connectivity index (χ2v) is 8.67. The third-order valence-electron chi connectivity index (χ3n) is 7.02. The Kier molecular flexibility index (Phi) is 3.82. The van der Waals surface area contributed by atoms with Gasteiger partial charge in [-0.05, 0) is 44.2 Å². The zero-order chi connectivity index (χ0) is 20.5. The molecule has 7 nitrogen and oxygen atoms in total. The maximum atomic E-state index is 13.4. The number of methoxy groups -OCH3 is 1. The number of ether oxygens (including phenoxy) is 1. The summed E-state index contributed by atoms with van der Waals surface area (Å²) in [7, 11) is 1.58. The summed E-state index contributed by atoms with van der Waals surface area (Å²) in [5.41, 5.74) is 1.47. The quantitative estimate of drug-likeness (QED) is 0.792. The van der Waals surface area contributed by atoms with Gasteiger partial charge in [0, 0.05) is 18.3 Å². The summed E-state index contributed by atoms with van der Waals surface area (Å²) in [5, 5.41) is 2.99. The minimum atomic E-state index is -0.948. The van der Waals surface area contributed by atoms with E-state index in [9.17, 15) is 14.4 Å². The van der Waals surface area contributed by atoms with Crippen LogP contribution in [0.2, 0.25) is 0 Å².